The number of benzene rings is 2. The molecule has 1 atom stereocenters. The molecule has 1 aliphatic rings. The summed E-state index contributed by atoms with van der Waals surface area (Å²) in [5.41, 5.74) is 2.00. The lowest BCUT2D eigenvalue weighted by atomic mass is 9.87. The smallest absolute Gasteiger partial charge is 0.264 e. The van der Waals surface area contributed by atoms with E-state index in [9.17, 15) is 14.7 Å². The molecular formula is C23H23N3O3. The molecule has 0 aliphatic carbocycles. The minimum Gasteiger partial charge on any atom is -0.375 e. The van der Waals surface area contributed by atoms with Crippen molar-refractivity contribution in [2.24, 2.45) is 0 Å². The summed E-state index contributed by atoms with van der Waals surface area (Å²) in [4.78, 5) is 27.8. The molecule has 2 aromatic carbocycles. The Morgan fingerprint density at radius 2 is 1.79 bits per heavy atom. The SMILES string of the molecule is Cc1n[nH]c(C)c1C(=O)C[C@@]1(O)C(=O)N(CCc2ccccc2)c2ccccc21. The van der Waals surface area contributed by atoms with E-state index in [1.165, 1.54) is 0 Å². The van der Waals surface area contributed by atoms with E-state index in [1.54, 1.807) is 30.9 Å². The Morgan fingerprint density at radius 3 is 2.48 bits per heavy atom. The van der Waals surface area contributed by atoms with Crippen molar-refractivity contribution in [2.45, 2.75) is 32.3 Å². The minimum atomic E-state index is -1.87. The van der Waals surface area contributed by atoms with Gasteiger partial charge in [-0.1, -0.05) is 48.5 Å². The lowest BCUT2D eigenvalue weighted by Gasteiger charge is -2.23. The first-order chi connectivity index (χ1) is 13.9. The maximum Gasteiger partial charge on any atom is 0.264 e. The number of H-pyrrole nitrogens is 1. The summed E-state index contributed by atoms with van der Waals surface area (Å²) in [5.74, 6) is -0.758. The van der Waals surface area contributed by atoms with Gasteiger partial charge in [0.25, 0.3) is 5.91 Å². The van der Waals surface area contributed by atoms with Gasteiger partial charge in [0.15, 0.2) is 11.4 Å². The van der Waals surface area contributed by atoms with Crippen LogP contribution in [0.1, 0.15) is 39.3 Å². The second kappa shape index (κ2) is 7.29. The molecule has 29 heavy (non-hydrogen) atoms. The number of Topliss-reactive ketones (excluding diaryl/α,β-unsaturated/α-hetero) is 1. The van der Waals surface area contributed by atoms with Gasteiger partial charge in [0.1, 0.15) is 0 Å². The molecule has 6 heteroatoms. The quantitative estimate of drug-likeness (QED) is 0.635. The summed E-state index contributed by atoms with van der Waals surface area (Å²) < 4.78 is 0. The number of aryl methyl sites for hydroxylation is 2. The van der Waals surface area contributed by atoms with Gasteiger partial charge in [0, 0.05) is 17.8 Å². The molecule has 0 bridgehead atoms. The minimum absolute atomic E-state index is 0.302. The number of aliphatic hydroxyl groups is 1. The molecule has 0 saturated carbocycles. The highest BCUT2D eigenvalue weighted by Gasteiger charge is 2.50. The van der Waals surface area contributed by atoms with E-state index < -0.39 is 11.5 Å². The number of fused-ring (bicyclic) bond motifs is 1. The Hall–Kier alpha value is -3.25. The average molecular weight is 389 g/mol. The summed E-state index contributed by atoms with van der Waals surface area (Å²) in [6.45, 7) is 3.92. The van der Waals surface area contributed by atoms with Gasteiger partial charge in [-0.15, -0.1) is 0 Å². The molecule has 6 nitrogen and oxygen atoms in total. The van der Waals surface area contributed by atoms with Crippen LogP contribution in [0.4, 0.5) is 5.69 Å². The zero-order valence-corrected chi connectivity index (χ0v) is 16.5. The van der Waals surface area contributed by atoms with E-state index in [4.69, 9.17) is 0 Å². The van der Waals surface area contributed by atoms with E-state index in [-0.39, 0.29) is 12.2 Å². The molecule has 3 aromatic rings. The highest BCUT2D eigenvalue weighted by Crippen LogP contribution is 2.43. The van der Waals surface area contributed by atoms with Crippen molar-refractivity contribution in [1.29, 1.82) is 0 Å². The molecule has 4 rings (SSSR count). The van der Waals surface area contributed by atoms with Crippen LogP contribution >= 0.6 is 0 Å². The van der Waals surface area contributed by atoms with E-state index in [0.29, 0.717) is 41.2 Å². The number of aromatic amines is 1. The number of hydrogen-bond acceptors (Lipinski definition) is 4. The second-order valence-electron chi connectivity index (χ2n) is 7.48. The Kier molecular flexibility index (Phi) is 4.80. The van der Waals surface area contributed by atoms with E-state index >= 15 is 0 Å². The number of aromatic nitrogens is 2. The van der Waals surface area contributed by atoms with E-state index in [1.807, 2.05) is 42.5 Å². The Labute approximate surface area is 169 Å². The van der Waals surface area contributed by atoms with Crippen molar-refractivity contribution in [1.82, 2.24) is 10.2 Å². The van der Waals surface area contributed by atoms with Crippen molar-refractivity contribution in [3.8, 4) is 0 Å². The number of ketones is 1. The molecular weight excluding hydrogens is 366 g/mol. The number of nitrogens with zero attached hydrogens (tertiary/aromatic N) is 2. The summed E-state index contributed by atoms with van der Waals surface area (Å²) in [6.07, 6.45) is 0.344. The van der Waals surface area contributed by atoms with Gasteiger partial charge in [-0.25, -0.2) is 0 Å². The third kappa shape index (κ3) is 3.25. The van der Waals surface area contributed by atoms with Crippen LogP contribution in [-0.2, 0) is 16.8 Å². The molecule has 0 spiro atoms. The highest BCUT2D eigenvalue weighted by molar-refractivity contribution is 6.11. The molecule has 1 aromatic heterocycles. The van der Waals surface area contributed by atoms with Gasteiger partial charge in [-0.2, -0.15) is 5.10 Å². The van der Waals surface area contributed by atoms with Crippen LogP contribution < -0.4 is 4.90 Å². The van der Waals surface area contributed by atoms with Crippen molar-refractivity contribution in [3.63, 3.8) is 0 Å². The van der Waals surface area contributed by atoms with Gasteiger partial charge in [0.2, 0.25) is 0 Å². The number of anilines is 1. The van der Waals surface area contributed by atoms with Crippen molar-refractivity contribution in [3.05, 3.63) is 82.7 Å². The number of amides is 1. The van der Waals surface area contributed by atoms with E-state index in [2.05, 4.69) is 10.2 Å². The number of nitrogens with one attached hydrogen (secondary N) is 1. The number of carbonyl (C=O) groups excluding carboxylic acids is 2. The average Bonchev–Trinajstić information content (AvgIpc) is 3.16. The Morgan fingerprint density at radius 1 is 1.10 bits per heavy atom. The summed E-state index contributed by atoms with van der Waals surface area (Å²) in [7, 11) is 0. The van der Waals surface area contributed by atoms with Crippen LogP contribution in [0.5, 0.6) is 0 Å². The van der Waals surface area contributed by atoms with Crippen molar-refractivity contribution < 1.29 is 14.7 Å². The topological polar surface area (TPSA) is 86.3 Å². The number of carbonyl (C=O) groups is 2. The monoisotopic (exact) mass is 389 g/mol. The number of para-hydroxylation sites is 1. The molecule has 0 saturated heterocycles. The fraction of sp³-hybridized carbons (Fsp3) is 0.261. The first-order valence-corrected chi connectivity index (χ1v) is 9.64. The van der Waals surface area contributed by atoms with Gasteiger partial charge >= 0.3 is 0 Å². The predicted octanol–water partition coefficient (Wildman–Crippen LogP) is 3.08. The lowest BCUT2D eigenvalue weighted by Crippen LogP contribution is -2.42. The van der Waals surface area contributed by atoms with Gasteiger partial charge < -0.3 is 10.0 Å². The van der Waals surface area contributed by atoms with Crippen molar-refractivity contribution >= 4 is 17.4 Å². The summed E-state index contributed by atoms with van der Waals surface area (Å²) in [5, 5.41) is 18.2. The van der Waals surface area contributed by atoms with Crippen LogP contribution in [0, 0.1) is 13.8 Å². The van der Waals surface area contributed by atoms with Crippen LogP contribution in [0.15, 0.2) is 54.6 Å². The normalized spacial score (nSPS) is 18.2. The van der Waals surface area contributed by atoms with E-state index in [0.717, 1.165) is 5.56 Å². The summed E-state index contributed by atoms with van der Waals surface area (Å²) in [6, 6.07) is 17.0. The Balaban J connectivity index is 1.63. The molecule has 2 N–H and O–H groups in total. The molecule has 148 valence electrons. The maximum absolute atomic E-state index is 13.3. The molecule has 1 amide bonds. The number of rotatable bonds is 6. The van der Waals surface area contributed by atoms with Crippen molar-refractivity contribution in [2.75, 3.05) is 11.4 Å². The first kappa shape index (κ1) is 19.1. The molecule has 0 fully saturated rings. The predicted molar refractivity (Wildman–Crippen MR) is 110 cm³/mol. The zero-order valence-electron chi connectivity index (χ0n) is 16.5. The largest absolute Gasteiger partial charge is 0.375 e. The zero-order chi connectivity index (χ0) is 20.6. The summed E-state index contributed by atoms with van der Waals surface area (Å²) >= 11 is 0. The molecule has 0 unspecified atom stereocenters. The van der Waals surface area contributed by atoms with Crippen LogP contribution in [0.3, 0.4) is 0 Å². The fourth-order valence-corrected chi connectivity index (χ4v) is 4.07. The Bertz CT molecular complexity index is 1050. The van der Waals surface area contributed by atoms with Crippen LogP contribution in [0.25, 0.3) is 0 Å². The second-order valence-corrected chi connectivity index (χ2v) is 7.48. The molecule has 1 aliphatic heterocycles. The van der Waals surface area contributed by atoms with Crippen LogP contribution in [-0.4, -0.2) is 33.5 Å². The molecule has 0 radical (unpaired) electrons. The van der Waals surface area contributed by atoms with Gasteiger partial charge in [-0.3, -0.25) is 14.7 Å². The maximum atomic E-state index is 13.3. The van der Waals surface area contributed by atoms with Gasteiger partial charge in [0.05, 0.1) is 23.4 Å². The third-order valence-electron chi connectivity index (χ3n) is 5.53. The fourth-order valence-electron chi connectivity index (χ4n) is 4.07. The lowest BCUT2D eigenvalue weighted by molar-refractivity contribution is -0.135. The standard InChI is InChI=1S/C23H23N3O3/c1-15-21(16(2)25-24-15)20(27)14-23(29)18-10-6-7-11-19(18)26(22(23)28)13-12-17-8-4-3-5-9-17/h3-11,29H,12-14H2,1-2H3,(H,24,25)/t23-/m0/s1. The van der Waals surface area contributed by atoms with Gasteiger partial charge in [-0.05, 0) is 31.9 Å². The highest BCUT2D eigenvalue weighted by atomic mass is 16.3. The van der Waals surface area contributed by atoms with Crippen LogP contribution in [0.2, 0.25) is 0 Å². The number of hydrogen-bond donors (Lipinski definition) is 2. The first-order valence-electron chi connectivity index (χ1n) is 9.64. The molecule has 2 heterocycles. The third-order valence-corrected chi connectivity index (χ3v) is 5.53.